The smallest absolute Gasteiger partial charge is 0.255 e. The summed E-state index contributed by atoms with van der Waals surface area (Å²) < 4.78 is 5.21. The van der Waals surface area contributed by atoms with Gasteiger partial charge in [-0.3, -0.25) is 14.7 Å². The lowest BCUT2D eigenvalue weighted by atomic mass is 10.1. The van der Waals surface area contributed by atoms with Crippen LogP contribution in [0.3, 0.4) is 0 Å². The monoisotopic (exact) mass is 409 g/mol. The molecule has 2 heterocycles. The van der Waals surface area contributed by atoms with Crippen molar-refractivity contribution in [2.24, 2.45) is 0 Å². The first-order valence-electron chi connectivity index (χ1n) is 9.75. The summed E-state index contributed by atoms with van der Waals surface area (Å²) in [6.45, 7) is 5.89. The van der Waals surface area contributed by atoms with Gasteiger partial charge in [-0.05, 0) is 48.9 Å². The Morgan fingerprint density at radius 2 is 1.79 bits per heavy atom. The summed E-state index contributed by atoms with van der Waals surface area (Å²) in [5.74, 6) is 0.908. The molecule has 1 fully saturated rings. The number of fused-ring (bicyclic) bond motifs is 1. The lowest BCUT2D eigenvalue weighted by Crippen LogP contribution is -2.48. The van der Waals surface area contributed by atoms with Crippen LogP contribution in [-0.2, 0) is 6.54 Å². The van der Waals surface area contributed by atoms with Gasteiger partial charge in [-0.15, -0.1) is 0 Å². The first-order chi connectivity index (χ1) is 14.0. The number of carbonyl (C=O) groups is 1. The zero-order chi connectivity index (χ0) is 20.4. The molecule has 0 N–H and O–H groups in total. The van der Waals surface area contributed by atoms with E-state index in [9.17, 15) is 4.79 Å². The number of carbonyl (C=O) groups excluding carboxylic acids is 1. The van der Waals surface area contributed by atoms with Crippen LogP contribution in [0.2, 0.25) is 5.02 Å². The lowest BCUT2D eigenvalue weighted by Gasteiger charge is -2.35. The maximum atomic E-state index is 13.1. The second-order valence-corrected chi connectivity index (χ2v) is 7.81. The Balaban J connectivity index is 1.42. The van der Waals surface area contributed by atoms with Gasteiger partial charge in [0.15, 0.2) is 0 Å². The molecule has 1 aromatic heterocycles. The van der Waals surface area contributed by atoms with Gasteiger partial charge in [-0.1, -0.05) is 23.7 Å². The van der Waals surface area contributed by atoms with E-state index in [-0.39, 0.29) is 5.91 Å². The zero-order valence-corrected chi connectivity index (χ0v) is 17.4. The van der Waals surface area contributed by atoms with Crippen LogP contribution in [0.5, 0.6) is 5.75 Å². The molecule has 1 aliphatic heterocycles. The predicted molar refractivity (Wildman–Crippen MR) is 116 cm³/mol. The molecular formula is C23H24ClN3O2. The highest BCUT2D eigenvalue weighted by Gasteiger charge is 2.24. The Hall–Kier alpha value is -2.63. The Morgan fingerprint density at radius 3 is 2.48 bits per heavy atom. The van der Waals surface area contributed by atoms with Gasteiger partial charge in [0.2, 0.25) is 0 Å². The van der Waals surface area contributed by atoms with E-state index in [4.69, 9.17) is 16.3 Å². The first kappa shape index (κ1) is 19.7. The number of hydrogen-bond donors (Lipinski definition) is 0. The summed E-state index contributed by atoms with van der Waals surface area (Å²) in [6, 6.07) is 15.6. The van der Waals surface area contributed by atoms with Crippen LogP contribution in [0, 0.1) is 6.92 Å². The van der Waals surface area contributed by atoms with Crippen LogP contribution < -0.4 is 4.74 Å². The van der Waals surface area contributed by atoms with Gasteiger partial charge in [0.25, 0.3) is 5.91 Å². The van der Waals surface area contributed by atoms with Crippen LogP contribution in [0.1, 0.15) is 21.6 Å². The number of halogens is 1. The molecule has 1 aliphatic rings. The fourth-order valence-corrected chi connectivity index (χ4v) is 3.91. The maximum Gasteiger partial charge on any atom is 0.255 e. The molecule has 5 nitrogen and oxygen atoms in total. The van der Waals surface area contributed by atoms with Crippen LogP contribution in [-0.4, -0.2) is 54.0 Å². The minimum absolute atomic E-state index is 0.0426. The molecule has 150 valence electrons. The van der Waals surface area contributed by atoms with Gasteiger partial charge in [0, 0.05) is 43.1 Å². The average Bonchev–Trinajstić information content (AvgIpc) is 2.74. The summed E-state index contributed by atoms with van der Waals surface area (Å²) in [5.41, 5.74) is 3.51. The number of nitrogens with zero attached hydrogens (tertiary/aromatic N) is 3. The van der Waals surface area contributed by atoms with E-state index < -0.39 is 0 Å². The number of hydrogen-bond acceptors (Lipinski definition) is 4. The van der Waals surface area contributed by atoms with E-state index in [1.54, 1.807) is 7.11 Å². The number of piperazine rings is 1. The van der Waals surface area contributed by atoms with Crippen molar-refractivity contribution in [3.8, 4) is 5.75 Å². The van der Waals surface area contributed by atoms with Crippen molar-refractivity contribution in [2.75, 3.05) is 33.3 Å². The van der Waals surface area contributed by atoms with Crippen molar-refractivity contribution < 1.29 is 9.53 Å². The minimum atomic E-state index is 0.0426. The Bertz CT molecular complexity index is 1030. The van der Waals surface area contributed by atoms with Gasteiger partial charge in [0.1, 0.15) is 5.75 Å². The largest absolute Gasteiger partial charge is 0.497 e. The highest BCUT2D eigenvalue weighted by molar-refractivity contribution is 6.31. The van der Waals surface area contributed by atoms with E-state index in [2.05, 4.69) is 22.0 Å². The molecule has 0 aliphatic carbocycles. The van der Waals surface area contributed by atoms with Crippen molar-refractivity contribution in [1.29, 1.82) is 0 Å². The number of methoxy groups -OCH3 is 1. The molecule has 0 radical (unpaired) electrons. The number of aromatic nitrogens is 1. The third kappa shape index (κ3) is 4.36. The van der Waals surface area contributed by atoms with Crippen LogP contribution in [0.15, 0.2) is 48.5 Å². The molecule has 29 heavy (non-hydrogen) atoms. The van der Waals surface area contributed by atoms with Crippen LogP contribution in [0.4, 0.5) is 0 Å². The molecular weight excluding hydrogens is 386 g/mol. The Morgan fingerprint density at radius 1 is 1.07 bits per heavy atom. The summed E-state index contributed by atoms with van der Waals surface area (Å²) in [7, 11) is 1.67. The normalized spacial score (nSPS) is 14.9. The standard InChI is InChI=1S/C23H24ClN3O2/c1-16-21(14-18-13-19(24)5-8-22(18)25-16)23(28)27-11-9-26(10-12-27)15-17-3-6-20(29-2)7-4-17/h3-8,13-14H,9-12,15H2,1-2H3. The summed E-state index contributed by atoms with van der Waals surface area (Å²) >= 11 is 6.10. The highest BCUT2D eigenvalue weighted by atomic mass is 35.5. The second kappa shape index (κ2) is 8.39. The fourth-order valence-electron chi connectivity index (χ4n) is 3.73. The van der Waals surface area contributed by atoms with Crippen molar-refractivity contribution in [3.05, 3.63) is 70.4 Å². The van der Waals surface area contributed by atoms with E-state index in [1.807, 2.05) is 48.2 Å². The number of benzene rings is 2. The number of rotatable bonds is 4. The van der Waals surface area contributed by atoms with Gasteiger partial charge in [0.05, 0.1) is 23.9 Å². The average molecular weight is 410 g/mol. The number of ether oxygens (including phenoxy) is 1. The van der Waals surface area contributed by atoms with E-state index in [0.717, 1.165) is 42.0 Å². The van der Waals surface area contributed by atoms with Crippen LogP contribution in [0.25, 0.3) is 10.9 Å². The maximum absolute atomic E-state index is 13.1. The molecule has 0 spiro atoms. The molecule has 3 aromatic rings. The second-order valence-electron chi connectivity index (χ2n) is 7.37. The van der Waals surface area contributed by atoms with E-state index in [0.29, 0.717) is 23.7 Å². The molecule has 0 unspecified atom stereocenters. The van der Waals surface area contributed by atoms with Gasteiger partial charge in [-0.25, -0.2) is 0 Å². The lowest BCUT2D eigenvalue weighted by molar-refractivity contribution is 0.0627. The summed E-state index contributed by atoms with van der Waals surface area (Å²) in [5, 5.41) is 1.54. The SMILES string of the molecule is COc1ccc(CN2CCN(C(=O)c3cc4cc(Cl)ccc4nc3C)CC2)cc1. The molecule has 1 saturated heterocycles. The summed E-state index contributed by atoms with van der Waals surface area (Å²) in [6.07, 6.45) is 0. The van der Waals surface area contributed by atoms with Crippen molar-refractivity contribution in [2.45, 2.75) is 13.5 Å². The third-order valence-corrected chi connectivity index (χ3v) is 5.66. The molecule has 2 aromatic carbocycles. The molecule has 0 bridgehead atoms. The highest BCUT2D eigenvalue weighted by Crippen LogP contribution is 2.22. The molecule has 0 atom stereocenters. The predicted octanol–water partition coefficient (Wildman–Crippen LogP) is 4.16. The number of pyridine rings is 1. The van der Waals surface area contributed by atoms with Crippen molar-refractivity contribution >= 4 is 28.4 Å². The summed E-state index contributed by atoms with van der Waals surface area (Å²) in [4.78, 5) is 22.0. The van der Waals surface area contributed by atoms with E-state index in [1.165, 1.54) is 5.56 Å². The molecule has 0 saturated carbocycles. The van der Waals surface area contributed by atoms with E-state index >= 15 is 0 Å². The van der Waals surface area contributed by atoms with Crippen molar-refractivity contribution in [3.63, 3.8) is 0 Å². The van der Waals surface area contributed by atoms with Gasteiger partial charge >= 0.3 is 0 Å². The quantitative estimate of drug-likeness (QED) is 0.649. The minimum Gasteiger partial charge on any atom is -0.497 e. The Kier molecular flexibility index (Phi) is 5.69. The molecule has 1 amide bonds. The fraction of sp³-hybridized carbons (Fsp3) is 0.304. The topological polar surface area (TPSA) is 45.7 Å². The number of amides is 1. The Labute approximate surface area is 175 Å². The zero-order valence-electron chi connectivity index (χ0n) is 16.7. The van der Waals surface area contributed by atoms with Crippen LogP contribution >= 0.6 is 11.6 Å². The molecule has 6 heteroatoms. The number of aryl methyl sites for hydroxylation is 1. The van der Waals surface area contributed by atoms with Gasteiger partial charge in [-0.2, -0.15) is 0 Å². The van der Waals surface area contributed by atoms with Crippen molar-refractivity contribution in [1.82, 2.24) is 14.8 Å². The first-order valence-corrected chi connectivity index (χ1v) is 10.1. The third-order valence-electron chi connectivity index (χ3n) is 5.42. The molecule has 4 rings (SSSR count). The van der Waals surface area contributed by atoms with Gasteiger partial charge < -0.3 is 9.64 Å².